The number of hydrogen-bond acceptors (Lipinski definition) is 5. The average Bonchev–Trinajstić information content (AvgIpc) is 2.59. The SMILES string of the molecule is CC#CCOCCOCCOCCOCCNC(=O)C(CC)CC.[HH]. The highest BCUT2D eigenvalue weighted by atomic mass is 16.6. The molecule has 0 aliphatic heterocycles. The first-order valence-electron chi connectivity index (χ1n) is 8.74. The molecule has 0 rings (SSSR count). The molecule has 1 N–H and O–H groups in total. The number of rotatable bonds is 16. The largest absolute Gasteiger partial charge is 0.377 e. The van der Waals surface area contributed by atoms with Crippen molar-refractivity contribution in [2.45, 2.75) is 33.6 Å². The van der Waals surface area contributed by atoms with Crippen LogP contribution in [0.25, 0.3) is 0 Å². The molecule has 0 aromatic heterocycles. The lowest BCUT2D eigenvalue weighted by Crippen LogP contribution is -2.32. The molecular weight excluding hydrogens is 310 g/mol. The highest BCUT2D eigenvalue weighted by Crippen LogP contribution is 2.06. The zero-order chi connectivity index (χ0) is 17.9. The Hall–Kier alpha value is -1.13. The Labute approximate surface area is 148 Å². The first-order valence-corrected chi connectivity index (χ1v) is 8.74. The minimum atomic E-state index is 0. The number of hydrogen-bond donors (Lipinski definition) is 1. The van der Waals surface area contributed by atoms with Crippen molar-refractivity contribution in [1.82, 2.24) is 5.32 Å². The lowest BCUT2D eigenvalue weighted by Gasteiger charge is -2.12. The van der Waals surface area contributed by atoms with Crippen LogP contribution in [0.4, 0.5) is 0 Å². The molecule has 6 heteroatoms. The second kappa shape index (κ2) is 18.2. The number of carbonyl (C=O) groups excluding carboxylic acids is 1. The van der Waals surface area contributed by atoms with E-state index in [1.807, 2.05) is 13.8 Å². The van der Waals surface area contributed by atoms with Gasteiger partial charge in [-0.3, -0.25) is 4.79 Å². The molecule has 0 saturated heterocycles. The van der Waals surface area contributed by atoms with Crippen LogP contribution < -0.4 is 5.32 Å². The van der Waals surface area contributed by atoms with Gasteiger partial charge in [-0.2, -0.15) is 0 Å². The Balaban J connectivity index is 0. The number of amides is 1. The molecule has 24 heavy (non-hydrogen) atoms. The van der Waals surface area contributed by atoms with E-state index in [1.165, 1.54) is 0 Å². The van der Waals surface area contributed by atoms with E-state index in [0.29, 0.717) is 59.4 Å². The molecular formula is C18H35NO5. The fourth-order valence-corrected chi connectivity index (χ4v) is 1.91. The number of nitrogens with one attached hydrogen (secondary N) is 1. The van der Waals surface area contributed by atoms with Gasteiger partial charge in [-0.25, -0.2) is 0 Å². The molecule has 0 radical (unpaired) electrons. The third-order valence-corrected chi connectivity index (χ3v) is 3.37. The maximum atomic E-state index is 11.7. The topological polar surface area (TPSA) is 66.0 Å². The van der Waals surface area contributed by atoms with E-state index in [2.05, 4.69) is 17.2 Å². The van der Waals surface area contributed by atoms with Gasteiger partial charge in [-0.1, -0.05) is 19.8 Å². The highest BCUT2D eigenvalue weighted by Gasteiger charge is 2.12. The van der Waals surface area contributed by atoms with Gasteiger partial charge in [0, 0.05) is 13.9 Å². The number of ether oxygens (including phenoxy) is 4. The van der Waals surface area contributed by atoms with Crippen LogP contribution in [0.2, 0.25) is 0 Å². The van der Waals surface area contributed by atoms with E-state index in [4.69, 9.17) is 18.9 Å². The van der Waals surface area contributed by atoms with Gasteiger partial charge in [0.2, 0.25) is 5.91 Å². The van der Waals surface area contributed by atoms with Gasteiger partial charge in [0.05, 0.1) is 46.2 Å². The fourth-order valence-electron chi connectivity index (χ4n) is 1.91. The standard InChI is InChI=1S/C18H33NO5.H2/c1-4-7-9-21-11-13-23-15-16-24-14-12-22-10-8-19-18(20)17(5-2)6-3;/h17H,5-6,8-16H2,1-3H3,(H,19,20);1H. The lowest BCUT2D eigenvalue weighted by atomic mass is 10.0. The maximum absolute atomic E-state index is 11.7. The predicted molar refractivity (Wildman–Crippen MR) is 95.9 cm³/mol. The lowest BCUT2D eigenvalue weighted by molar-refractivity contribution is -0.125. The van der Waals surface area contributed by atoms with Crippen molar-refractivity contribution in [3.05, 3.63) is 0 Å². The molecule has 0 aliphatic rings. The first-order chi connectivity index (χ1) is 11.8. The van der Waals surface area contributed by atoms with E-state index >= 15 is 0 Å². The molecule has 0 aromatic carbocycles. The second-order valence-electron chi connectivity index (χ2n) is 5.12. The summed E-state index contributed by atoms with van der Waals surface area (Å²) in [6, 6.07) is 0. The molecule has 142 valence electrons. The Morgan fingerprint density at radius 1 is 0.917 bits per heavy atom. The predicted octanol–water partition coefficient (Wildman–Crippen LogP) is 1.87. The molecule has 1 amide bonds. The summed E-state index contributed by atoms with van der Waals surface area (Å²) in [5.41, 5.74) is 0. The van der Waals surface area contributed by atoms with Gasteiger partial charge in [-0.15, -0.1) is 5.92 Å². The average molecular weight is 345 g/mol. The van der Waals surface area contributed by atoms with Crippen molar-refractivity contribution in [1.29, 1.82) is 0 Å². The fraction of sp³-hybridized carbons (Fsp3) is 0.833. The molecule has 0 heterocycles. The Morgan fingerprint density at radius 3 is 1.92 bits per heavy atom. The van der Waals surface area contributed by atoms with Crippen LogP contribution in [-0.4, -0.2) is 65.3 Å². The van der Waals surface area contributed by atoms with E-state index in [9.17, 15) is 4.79 Å². The van der Waals surface area contributed by atoms with Crippen LogP contribution in [0.5, 0.6) is 0 Å². The van der Waals surface area contributed by atoms with Crippen molar-refractivity contribution < 1.29 is 25.2 Å². The van der Waals surface area contributed by atoms with Crippen LogP contribution in [0, 0.1) is 17.8 Å². The van der Waals surface area contributed by atoms with Gasteiger partial charge in [0.15, 0.2) is 0 Å². The summed E-state index contributed by atoms with van der Waals surface area (Å²) in [6.07, 6.45) is 1.75. The van der Waals surface area contributed by atoms with E-state index in [-0.39, 0.29) is 13.3 Å². The van der Waals surface area contributed by atoms with Gasteiger partial charge in [0.1, 0.15) is 6.61 Å². The molecule has 0 aromatic rings. The Kier molecular flexibility index (Phi) is 17.4. The second-order valence-corrected chi connectivity index (χ2v) is 5.12. The van der Waals surface area contributed by atoms with Gasteiger partial charge in [0.25, 0.3) is 0 Å². The maximum Gasteiger partial charge on any atom is 0.223 e. The monoisotopic (exact) mass is 345 g/mol. The van der Waals surface area contributed by atoms with Gasteiger partial charge >= 0.3 is 0 Å². The zero-order valence-electron chi connectivity index (χ0n) is 15.4. The van der Waals surface area contributed by atoms with E-state index < -0.39 is 0 Å². The van der Waals surface area contributed by atoms with Crippen LogP contribution in [0.1, 0.15) is 35.0 Å². The highest BCUT2D eigenvalue weighted by molar-refractivity contribution is 5.78. The molecule has 0 bridgehead atoms. The van der Waals surface area contributed by atoms with E-state index in [1.54, 1.807) is 6.92 Å². The molecule has 0 fully saturated rings. The quantitative estimate of drug-likeness (QED) is 0.342. The third-order valence-electron chi connectivity index (χ3n) is 3.37. The number of carbonyl (C=O) groups is 1. The van der Waals surface area contributed by atoms with Crippen molar-refractivity contribution in [2.75, 3.05) is 59.4 Å². The molecule has 6 nitrogen and oxygen atoms in total. The normalized spacial score (nSPS) is 10.5. The smallest absolute Gasteiger partial charge is 0.223 e. The van der Waals surface area contributed by atoms with Crippen LogP contribution in [0.3, 0.4) is 0 Å². The third kappa shape index (κ3) is 14.5. The minimum Gasteiger partial charge on any atom is -0.377 e. The summed E-state index contributed by atoms with van der Waals surface area (Å²) in [7, 11) is 0. The summed E-state index contributed by atoms with van der Waals surface area (Å²) in [5, 5.41) is 2.88. The van der Waals surface area contributed by atoms with Gasteiger partial charge in [-0.05, 0) is 19.8 Å². The van der Waals surface area contributed by atoms with Crippen LogP contribution >= 0.6 is 0 Å². The summed E-state index contributed by atoms with van der Waals surface area (Å²) in [6.45, 7) is 10.5. The van der Waals surface area contributed by atoms with Crippen molar-refractivity contribution in [3.8, 4) is 11.8 Å². The van der Waals surface area contributed by atoms with Crippen molar-refractivity contribution in [2.24, 2.45) is 5.92 Å². The van der Waals surface area contributed by atoms with Crippen LogP contribution in [-0.2, 0) is 23.7 Å². The molecule has 0 atom stereocenters. The van der Waals surface area contributed by atoms with Gasteiger partial charge < -0.3 is 24.3 Å². The van der Waals surface area contributed by atoms with E-state index in [0.717, 1.165) is 12.8 Å². The van der Waals surface area contributed by atoms with Crippen molar-refractivity contribution >= 4 is 5.91 Å². The minimum absolute atomic E-state index is 0. The first kappa shape index (κ1) is 22.9. The molecule has 0 spiro atoms. The zero-order valence-corrected chi connectivity index (χ0v) is 15.4. The summed E-state index contributed by atoms with van der Waals surface area (Å²) in [4.78, 5) is 11.7. The van der Waals surface area contributed by atoms with Crippen molar-refractivity contribution in [3.63, 3.8) is 0 Å². The molecule has 0 saturated carbocycles. The Bertz CT molecular complexity index is 353. The Morgan fingerprint density at radius 2 is 1.42 bits per heavy atom. The summed E-state index contributed by atoms with van der Waals surface area (Å²) in [5.74, 6) is 5.80. The molecule has 0 unspecified atom stereocenters. The summed E-state index contributed by atoms with van der Waals surface area (Å²) >= 11 is 0. The van der Waals surface area contributed by atoms with Crippen LogP contribution in [0.15, 0.2) is 0 Å². The molecule has 0 aliphatic carbocycles. The summed E-state index contributed by atoms with van der Waals surface area (Å²) < 4.78 is 21.3.